The Morgan fingerprint density at radius 1 is 0.771 bits per heavy atom. The third-order valence-electron chi connectivity index (χ3n) is 4.61. The second-order valence-corrected chi connectivity index (χ2v) is 7.15. The number of carbonyl (C=O) groups is 2. The molecule has 0 atom stereocenters. The molecule has 4 N–H and O–H groups in total. The van der Waals surface area contributed by atoms with Gasteiger partial charge in [-0.3, -0.25) is 0 Å². The summed E-state index contributed by atoms with van der Waals surface area (Å²) in [4.78, 5) is 28.7. The van der Waals surface area contributed by atoms with Gasteiger partial charge in [-0.1, -0.05) is 79.8 Å². The fraction of sp³-hybridized carbons (Fsp3) is 0.200. The summed E-state index contributed by atoms with van der Waals surface area (Å²) < 4.78 is 0. The summed E-state index contributed by atoms with van der Waals surface area (Å²) >= 11 is 0. The van der Waals surface area contributed by atoms with Crippen molar-refractivity contribution in [2.24, 2.45) is 5.73 Å². The number of aromatic carboxylic acids is 2. The van der Waals surface area contributed by atoms with Gasteiger partial charge in [-0.15, -0.1) is 0 Å². The van der Waals surface area contributed by atoms with Crippen LogP contribution in [-0.4, -0.2) is 38.7 Å². The van der Waals surface area contributed by atoms with Crippen molar-refractivity contribution in [2.45, 2.75) is 26.2 Å². The topological polar surface area (TPSA) is 173 Å². The van der Waals surface area contributed by atoms with Crippen molar-refractivity contribution < 1.29 is 47.1 Å². The van der Waals surface area contributed by atoms with E-state index in [0.717, 1.165) is 6.54 Å². The maximum absolute atomic E-state index is 11.3. The fourth-order valence-electron chi connectivity index (χ4n) is 2.87. The number of hydrogen-bond acceptors (Lipinski definition) is 7. The van der Waals surface area contributed by atoms with Gasteiger partial charge in [-0.25, -0.2) is 19.6 Å². The van der Waals surface area contributed by atoms with E-state index in [2.05, 4.69) is 16.9 Å². The molecule has 0 saturated heterocycles. The number of carboxylic acids is 2. The maximum atomic E-state index is 11.3. The Labute approximate surface area is 212 Å². The molecule has 0 aliphatic heterocycles. The molecule has 2 heterocycles. The monoisotopic (exact) mass is 526 g/mol. The second-order valence-electron chi connectivity index (χ2n) is 7.15. The molecule has 2 aromatic heterocycles. The predicted octanol–water partition coefficient (Wildman–Crippen LogP) is 3.15. The van der Waals surface area contributed by atoms with Crippen molar-refractivity contribution in [1.29, 1.82) is 0 Å². The van der Waals surface area contributed by atoms with Crippen molar-refractivity contribution in [3.63, 3.8) is 0 Å². The van der Waals surface area contributed by atoms with Gasteiger partial charge >= 0.3 is 29.0 Å². The number of nitrogens with two attached hydrogens (primary N) is 1. The summed E-state index contributed by atoms with van der Waals surface area (Å²) in [6, 6.07) is 15.3. The molecule has 2 aromatic carbocycles. The zero-order valence-electron chi connectivity index (χ0n) is 18.9. The number of nitrogens with zero attached hydrogens (tertiary/aromatic N) is 2. The third-order valence-corrected chi connectivity index (χ3v) is 4.61. The summed E-state index contributed by atoms with van der Waals surface area (Å²) in [5.74, 6) is -2.78. The van der Waals surface area contributed by atoms with Gasteiger partial charge in [0.15, 0.2) is 0 Å². The van der Waals surface area contributed by atoms with Crippen molar-refractivity contribution >= 4 is 33.7 Å². The molecule has 0 unspecified atom stereocenters. The average molecular weight is 527 g/mol. The number of benzene rings is 2. The van der Waals surface area contributed by atoms with Crippen LogP contribution in [0.2, 0.25) is 0 Å². The third kappa shape index (κ3) is 8.53. The molecule has 0 fully saturated rings. The molecule has 0 amide bonds. The molecule has 0 bridgehead atoms. The first-order chi connectivity index (χ1) is 16.3. The van der Waals surface area contributed by atoms with Gasteiger partial charge < -0.3 is 26.2 Å². The van der Waals surface area contributed by atoms with Gasteiger partial charge in [-0.05, 0) is 35.9 Å². The molecule has 0 aliphatic rings. The second kappa shape index (κ2) is 14.5. The molecular formula is C25H25CuN3O6. The van der Waals surface area contributed by atoms with Gasteiger partial charge in [0.2, 0.25) is 0 Å². The molecule has 0 spiro atoms. The molecule has 4 aromatic rings. The van der Waals surface area contributed by atoms with E-state index in [0.29, 0.717) is 10.8 Å². The van der Waals surface area contributed by atoms with E-state index in [4.69, 9.17) is 15.9 Å². The fourth-order valence-corrected chi connectivity index (χ4v) is 2.87. The average Bonchev–Trinajstić information content (AvgIpc) is 2.83. The Balaban J connectivity index is 0.000000280. The van der Waals surface area contributed by atoms with E-state index in [1.54, 1.807) is 36.4 Å². The van der Waals surface area contributed by atoms with Crippen molar-refractivity contribution in [2.75, 3.05) is 6.54 Å². The first kappa shape index (κ1) is 29.3. The first-order valence-electron chi connectivity index (χ1n) is 10.6. The number of pyridine rings is 2. The Kier molecular flexibility index (Phi) is 12.2. The predicted molar refractivity (Wildman–Crippen MR) is 125 cm³/mol. The summed E-state index contributed by atoms with van der Waals surface area (Å²) in [6.07, 6.45) is 3.75. The molecule has 4 rings (SSSR count). The first-order valence-corrected chi connectivity index (χ1v) is 10.6. The molecule has 0 aliphatic carbocycles. The minimum atomic E-state index is -1.13. The maximum Gasteiger partial charge on any atom is 2.00 e. The summed E-state index contributed by atoms with van der Waals surface area (Å²) in [5, 5.41) is 41.2. The molecule has 1 radical (unpaired) electrons. The normalized spacial score (nSPS) is 9.77. The molecule has 35 heavy (non-hydrogen) atoms. The Morgan fingerprint density at radius 2 is 1.20 bits per heavy atom. The van der Waals surface area contributed by atoms with Crippen LogP contribution in [0.25, 0.3) is 21.8 Å². The SMILES string of the molecule is CCCCCN.O=C(O)c1ccc2cccc([O-])c2n1.O=C(O)c1ccc2cccc([O-])c2n1.[Cu+2]. The van der Waals surface area contributed by atoms with E-state index in [9.17, 15) is 19.8 Å². The van der Waals surface area contributed by atoms with Gasteiger partial charge in [-0.2, -0.15) is 0 Å². The zero-order chi connectivity index (χ0) is 25.1. The molecule has 10 heteroatoms. The minimum Gasteiger partial charge on any atom is -0.871 e. The number of para-hydroxylation sites is 2. The van der Waals surface area contributed by atoms with Gasteiger partial charge in [0.25, 0.3) is 0 Å². The van der Waals surface area contributed by atoms with E-state index in [1.807, 2.05) is 0 Å². The number of unbranched alkanes of at least 4 members (excludes halogenated alkanes) is 2. The quantitative estimate of drug-likeness (QED) is 0.260. The van der Waals surface area contributed by atoms with E-state index >= 15 is 0 Å². The molecular weight excluding hydrogens is 502 g/mol. The van der Waals surface area contributed by atoms with Crippen LogP contribution in [0.15, 0.2) is 60.7 Å². The van der Waals surface area contributed by atoms with E-state index < -0.39 is 11.9 Å². The van der Waals surface area contributed by atoms with Crippen LogP contribution in [0.1, 0.15) is 47.2 Å². The number of rotatable bonds is 5. The van der Waals surface area contributed by atoms with Crippen LogP contribution in [-0.2, 0) is 17.1 Å². The number of hydrogen-bond donors (Lipinski definition) is 3. The smallest absolute Gasteiger partial charge is 0.871 e. The van der Waals surface area contributed by atoms with Crippen LogP contribution < -0.4 is 15.9 Å². The van der Waals surface area contributed by atoms with Crippen LogP contribution >= 0.6 is 0 Å². The number of aromatic nitrogens is 2. The van der Waals surface area contributed by atoms with Crippen LogP contribution in [0, 0.1) is 0 Å². The summed E-state index contributed by atoms with van der Waals surface area (Å²) in [5.41, 5.74) is 5.40. The van der Waals surface area contributed by atoms with Crippen molar-refractivity contribution in [3.8, 4) is 11.5 Å². The standard InChI is InChI=1S/2C10H7NO3.C5H13N.Cu/c2*12-8-3-1-2-6-4-5-7(10(13)14)11-9(6)8;1-2-3-4-5-6;/h2*1-5,12H,(H,13,14);2-6H2,1H3;/q;;;+2/p-2. The van der Waals surface area contributed by atoms with Crippen LogP contribution in [0.5, 0.6) is 11.5 Å². The molecule has 0 saturated carbocycles. The Bertz CT molecular complexity index is 1180. The summed E-state index contributed by atoms with van der Waals surface area (Å²) in [7, 11) is 0. The number of fused-ring (bicyclic) bond motifs is 2. The zero-order valence-corrected chi connectivity index (χ0v) is 19.8. The largest absolute Gasteiger partial charge is 2.00 e. The molecule has 187 valence electrons. The Hall–Kier alpha value is -3.72. The molecule has 9 nitrogen and oxygen atoms in total. The van der Waals surface area contributed by atoms with Gasteiger partial charge in [0, 0.05) is 0 Å². The minimum absolute atomic E-state index is 0. The Morgan fingerprint density at radius 3 is 1.51 bits per heavy atom. The van der Waals surface area contributed by atoms with Gasteiger partial charge in [0.05, 0.1) is 11.0 Å². The van der Waals surface area contributed by atoms with Crippen LogP contribution in [0.4, 0.5) is 0 Å². The van der Waals surface area contributed by atoms with E-state index in [-0.39, 0.29) is 51.0 Å². The summed E-state index contributed by atoms with van der Waals surface area (Å²) in [6.45, 7) is 3.03. The van der Waals surface area contributed by atoms with Crippen molar-refractivity contribution in [3.05, 3.63) is 72.1 Å². The van der Waals surface area contributed by atoms with Crippen molar-refractivity contribution in [1.82, 2.24) is 9.97 Å². The van der Waals surface area contributed by atoms with Crippen LogP contribution in [0.3, 0.4) is 0 Å². The van der Waals surface area contributed by atoms with Gasteiger partial charge in [0.1, 0.15) is 11.4 Å². The van der Waals surface area contributed by atoms with E-state index in [1.165, 1.54) is 43.5 Å². The number of carboxylic acid groups (broad SMARTS) is 2.